The number of pyridine rings is 1. The van der Waals surface area contributed by atoms with E-state index in [2.05, 4.69) is 4.98 Å². The molecule has 0 atom stereocenters. The van der Waals surface area contributed by atoms with Crippen molar-refractivity contribution in [2.75, 3.05) is 13.2 Å². The van der Waals surface area contributed by atoms with E-state index in [-0.39, 0.29) is 18.6 Å². The van der Waals surface area contributed by atoms with Crippen LogP contribution in [0.3, 0.4) is 0 Å². The fraction of sp³-hybridized carbons (Fsp3) is 0.538. The van der Waals surface area contributed by atoms with Crippen LogP contribution in [0.15, 0.2) is 12.1 Å². The van der Waals surface area contributed by atoms with Crippen LogP contribution in [0.4, 0.5) is 0 Å². The molecule has 0 spiro atoms. The molecule has 1 aromatic heterocycles. The van der Waals surface area contributed by atoms with Crippen LogP contribution in [0, 0.1) is 6.92 Å². The van der Waals surface area contributed by atoms with E-state index in [4.69, 9.17) is 16.7 Å². The third-order valence-electron chi connectivity index (χ3n) is 3.29. The summed E-state index contributed by atoms with van der Waals surface area (Å²) in [7, 11) is 0. The molecule has 0 unspecified atom stereocenters. The number of rotatable bonds is 4. The quantitative estimate of drug-likeness (QED) is 0.850. The lowest BCUT2D eigenvalue weighted by Crippen LogP contribution is -2.45. The number of aliphatic hydroxyl groups excluding tert-OH is 1. The van der Waals surface area contributed by atoms with Crippen LogP contribution in [0.25, 0.3) is 0 Å². The number of amides is 1. The first kappa shape index (κ1) is 13.3. The summed E-state index contributed by atoms with van der Waals surface area (Å²) in [6, 6.07) is 3.58. The van der Waals surface area contributed by atoms with Crippen molar-refractivity contribution in [1.82, 2.24) is 9.88 Å². The molecule has 1 amide bonds. The lowest BCUT2D eigenvalue weighted by Gasteiger charge is -2.37. The van der Waals surface area contributed by atoms with E-state index < -0.39 is 0 Å². The molecule has 18 heavy (non-hydrogen) atoms. The number of hydrogen-bond donors (Lipinski definition) is 1. The lowest BCUT2D eigenvalue weighted by molar-refractivity contribution is 0.0525. The predicted octanol–water partition coefficient (Wildman–Crippen LogP) is 2.03. The monoisotopic (exact) mass is 268 g/mol. The largest absolute Gasteiger partial charge is 0.395 e. The SMILES string of the molecule is Cc1cc(C(=O)N(CCO)C2CCC2)cc(Cl)n1. The van der Waals surface area contributed by atoms with Gasteiger partial charge in [-0.2, -0.15) is 0 Å². The number of aromatic nitrogens is 1. The number of halogens is 1. The van der Waals surface area contributed by atoms with Crippen molar-refractivity contribution in [2.24, 2.45) is 0 Å². The van der Waals surface area contributed by atoms with Crippen LogP contribution in [-0.4, -0.2) is 40.1 Å². The van der Waals surface area contributed by atoms with Gasteiger partial charge in [-0.25, -0.2) is 4.98 Å². The highest BCUT2D eigenvalue weighted by molar-refractivity contribution is 6.29. The van der Waals surface area contributed by atoms with Gasteiger partial charge in [0.05, 0.1) is 6.61 Å². The van der Waals surface area contributed by atoms with E-state index in [0.29, 0.717) is 17.3 Å². The van der Waals surface area contributed by atoms with Gasteiger partial charge in [-0.1, -0.05) is 11.6 Å². The summed E-state index contributed by atoms with van der Waals surface area (Å²) in [5.41, 5.74) is 1.27. The van der Waals surface area contributed by atoms with Crippen molar-refractivity contribution >= 4 is 17.5 Å². The zero-order valence-electron chi connectivity index (χ0n) is 10.4. The van der Waals surface area contributed by atoms with E-state index >= 15 is 0 Å². The maximum Gasteiger partial charge on any atom is 0.254 e. The molecule has 1 aromatic rings. The Balaban J connectivity index is 2.21. The van der Waals surface area contributed by atoms with Gasteiger partial charge in [0, 0.05) is 23.8 Å². The van der Waals surface area contributed by atoms with Gasteiger partial charge in [-0.05, 0) is 38.3 Å². The highest BCUT2D eigenvalue weighted by Gasteiger charge is 2.29. The second-order valence-corrected chi connectivity index (χ2v) is 5.01. The van der Waals surface area contributed by atoms with Crippen LogP contribution in [0.5, 0.6) is 0 Å². The normalized spacial score (nSPS) is 15.3. The lowest BCUT2D eigenvalue weighted by atomic mass is 9.91. The number of carbonyl (C=O) groups is 1. The topological polar surface area (TPSA) is 53.4 Å². The number of aryl methyl sites for hydroxylation is 1. The van der Waals surface area contributed by atoms with Gasteiger partial charge in [0.2, 0.25) is 0 Å². The van der Waals surface area contributed by atoms with Crippen LogP contribution in [-0.2, 0) is 0 Å². The average Bonchev–Trinajstić information content (AvgIpc) is 2.23. The maximum absolute atomic E-state index is 12.4. The summed E-state index contributed by atoms with van der Waals surface area (Å²) in [6.07, 6.45) is 3.18. The van der Waals surface area contributed by atoms with Crippen molar-refractivity contribution in [2.45, 2.75) is 32.2 Å². The van der Waals surface area contributed by atoms with Crippen LogP contribution in [0.1, 0.15) is 35.3 Å². The van der Waals surface area contributed by atoms with Gasteiger partial charge >= 0.3 is 0 Å². The van der Waals surface area contributed by atoms with E-state index in [1.165, 1.54) is 0 Å². The fourth-order valence-electron chi connectivity index (χ4n) is 2.17. The summed E-state index contributed by atoms with van der Waals surface area (Å²) < 4.78 is 0. The number of nitrogens with zero attached hydrogens (tertiary/aromatic N) is 2. The molecule has 1 aliphatic rings. The van der Waals surface area contributed by atoms with Crippen LogP contribution >= 0.6 is 11.6 Å². The number of hydrogen-bond acceptors (Lipinski definition) is 3. The van der Waals surface area contributed by atoms with Crippen molar-refractivity contribution in [1.29, 1.82) is 0 Å². The molecule has 1 aliphatic carbocycles. The Morgan fingerprint density at radius 3 is 2.78 bits per heavy atom. The predicted molar refractivity (Wildman–Crippen MR) is 69.7 cm³/mol. The molecule has 98 valence electrons. The van der Waals surface area contributed by atoms with Crippen molar-refractivity contribution in [3.63, 3.8) is 0 Å². The molecule has 2 rings (SSSR count). The molecule has 1 fully saturated rings. The smallest absolute Gasteiger partial charge is 0.254 e. The highest BCUT2D eigenvalue weighted by Crippen LogP contribution is 2.26. The zero-order valence-corrected chi connectivity index (χ0v) is 11.2. The molecule has 0 aromatic carbocycles. The second-order valence-electron chi connectivity index (χ2n) is 4.63. The van der Waals surface area contributed by atoms with E-state index in [9.17, 15) is 4.79 Å². The molecular formula is C13H17ClN2O2. The van der Waals surface area contributed by atoms with Gasteiger partial charge < -0.3 is 10.0 Å². The summed E-state index contributed by atoms with van der Waals surface area (Å²) in [4.78, 5) is 18.2. The molecule has 4 nitrogen and oxygen atoms in total. The minimum Gasteiger partial charge on any atom is -0.395 e. The van der Waals surface area contributed by atoms with Crippen molar-refractivity contribution in [3.05, 3.63) is 28.5 Å². The minimum absolute atomic E-state index is 0.0139. The Bertz CT molecular complexity index is 426. The molecule has 1 saturated carbocycles. The van der Waals surface area contributed by atoms with Crippen molar-refractivity contribution in [3.8, 4) is 0 Å². The Kier molecular flexibility index (Phi) is 4.19. The van der Waals surface area contributed by atoms with Gasteiger partial charge in [0.1, 0.15) is 5.15 Å². The van der Waals surface area contributed by atoms with Gasteiger partial charge in [-0.3, -0.25) is 4.79 Å². The first-order valence-corrected chi connectivity index (χ1v) is 6.55. The van der Waals surface area contributed by atoms with E-state index in [1.54, 1.807) is 17.0 Å². The standard InChI is InChI=1S/C13H17ClN2O2/c1-9-7-10(8-12(14)15-9)13(18)16(5-6-17)11-3-2-4-11/h7-8,11,17H,2-6H2,1H3. The molecule has 5 heteroatoms. The molecule has 0 bridgehead atoms. The first-order valence-electron chi connectivity index (χ1n) is 6.18. The molecule has 0 saturated heterocycles. The molecule has 1 N–H and O–H groups in total. The summed E-state index contributed by atoms with van der Waals surface area (Å²) >= 11 is 5.87. The van der Waals surface area contributed by atoms with E-state index in [0.717, 1.165) is 25.0 Å². The van der Waals surface area contributed by atoms with Crippen molar-refractivity contribution < 1.29 is 9.90 Å². The Morgan fingerprint density at radius 1 is 1.56 bits per heavy atom. The molecular weight excluding hydrogens is 252 g/mol. The highest BCUT2D eigenvalue weighted by atomic mass is 35.5. The fourth-order valence-corrected chi connectivity index (χ4v) is 2.42. The summed E-state index contributed by atoms with van der Waals surface area (Å²) in [5.74, 6) is -0.0684. The minimum atomic E-state index is -0.0684. The van der Waals surface area contributed by atoms with E-state index in [1.807, 2.05) is 6.92 Å². The Hall–Kier alpha value is -1.13. The third-order valence-corrected chi connectivity index (χ3v) is 3.48. The Labute approximate surface area is 112 Å². The number of carbonyl (C=O) groups excluding carboxylic acids is 1. The molecule has 1 heterocycles. The summed E-state index contributed by atoms with van der Waals surface area (Å²) in [5, 5.41) is 9.41. The Morgan fingerprint density at radius 2 is 2.28 bits per heavy atom. The third kappa shape index (κ3) is 2.82. The van der Waals surface area contributed by atoms with Gasteiger partial charge in [-0.15, -0.1) is 0 Å². The van der Waals surface area contributed by atoms with Gasteiger partial charge in [0.25, 0.3) is 5.91 Å². The summed E-state index contributed by atoms with van der Waals surface area (Å²) in [6.45, 7) is 2.17. The molecule has 0 radical (unpaired) electrons. The zero-order chi connectivity index (χ0) is 13.1. The van der Waals surface area contributed by atoms with Crippen LogP contribution < -0.4 is 0 Å². The first-order chi connectivity index (χ1) is 8.61. The number of aliphatic hydroxyl groups is 1. The van der Waals surface area contributed by atoms with Crippen LogP contribution in [0.2, 0.25) is 5.15 Å². The average molecular weight is 269 g/mol. The van der Waals surface area contributed by atoms with Gasteiger partial charge in [0.15, 0.2) is 0 Å². The maximum atomic E-state index is 12.4. The second kappa shape index (κ2) is 5.67. The molecule has 0 aliphatic heterocycles.